The summed E-state index contributed by atoms with van der Waals surface area (Å²) in [7, 11) is 0. The van der Waals surface area contributed by atoms with E-state index >= 15 is 0 Å². The van der Waals surface area contributed by atoms with Crippen molar-refractivity contribution < 1.29 is 9.59 Å². The van der Waals surface area contributed by atoms with Crippen LogP contribution >= 0.6 is 47.8 Å². The molecule has 7 heteroatoms. The highest BCUT2D eigenvalue weighted by atomic mass is 127. The first kappa shape index (κ1) is 13.5. The minimum atomic E-state index is -0.679. The molecule has 0 aromatic heterocycles. The molecule has 0 saturated carbocycles. The molecular formula is C6H11IN2O2S2. The van der Waals surface area contributed by atoms with E-state index in [-0.39, 0.29) is 21.2 Å². The number of nitrogens with one attached hydrogen (secondary N) is 1. The van der Waals surface area contributed by atoms with E-state index in [0.717, 1.165) is 0 Å². The number of thiol groups is 2. The smallest absolute Gasteiger partial charge is 0.238 e. The maximum absolute atomic E-state index is 11.2. The Morgan fingerprint density at radius 1 is 1.38 bits per heavy atom. The predicted molar refractivity (Wildman–Crippen MR) is 66.6 cm³/mol. The van der Waals surface area contributed by atoms with E-state index in [9.17, 15) is 9.59 Å². The lowest BCUT2D eigenvalue weighted by Gasteiger charge is -2.14. The van der Waals surface area contributed by atoms with Crippen LogP contribution in [-0.4, -0.2) is 33.3 Å². The number of hydrogen-bond acceptors (Lipinski definition) is 5. The summed E-state index contributed by atoms with van der Waals surface area (Å²) in [6.45, 7) is 0. The summed E-state index contributed by atoms with van der Waals surface area (Å²) in [5, 5.41) is 2.47. The van der Waals surface area contributed by atoms with Crippen molar-refractivity contribution in [2.75, 3.05) is 11.5 Å². The van der Waals surface area contributed by atoms with Gasteiger partial charge in [0.15, 0.2) is 0 Å². The van der Waals surface area contributed by atoms with Crippen molar-refractivity contribution in [3.63, 3.8) is 0 Å². The number of amides is 1. The van der Waals surface area contributed by atoms with Crippen LogP contribution in [0.3, 0.4) is 0 Å². The highest BCUT2D eigenvalue weighted by molar-refractivity contribution is 14.1. The SMILES string of the molecule is N[C@H](CS)C(=O)N[C@H](CS)C(=O)I. The maximum Gasteiger partial charge on any atom is 0.238 e. The van der Waals surface area contributed by atoms with Crippen molar-refractivity contribution in [1.82, 2.24) is 5.32 Å². The molecule has 0 aromatic carbocycles. The van der Waals surface area contributed by atoms with Gasteiger partial charge in [0.2, 0.25) is 9.70 Å². The summed E-state index contributed by atoms with van der Waals surface area (Å²) in [4.78, 5) is 22.1. The Morgan fingerprint density at radius 2 is 1.92 bits per heavy atom. The van der Waals surface area contributed by atoms with E-state index in [1.807, 2.05) is 0 Å². The van der Waals surface area contributed by atoms with Crippen LogP contribution in [0, 0.1) is 0 Å². The van der Waals surface area contributed by atoms with E-state index in [0.29, 0.717) is 0 Å². The molecule has 13 heavy (non-hydrogen) atoms. The standard InChI is InChI=1S/C6H11IN2O2S2/c7-5(10)4(2-13)9-6(11)3(8)1-12/h3-4,12-13H,1-2,8H2,(H,9,11)/t3-,4-/m1/s1. The van der Waals surface area contributed by atoms with E-state index in [4.69, 9.17) is 5.73 Å². The van der Waals surface area contributed by atoms with Crippen LogP contribution in [0.4, 0.5) is 0 Å². The van der Waals surface area contributed by atoms with Gasteiger partial charge in [-0.25, -0.2) is 0 Å². The van der Waals surface area contributed by atoms with E-state index in [1.54, 1.807) is 22.6 Å². The lowest BCUT2D eigenvalue weighted by molar-refractivity contribution is -0.124. The van der Waals surface area contributed by atoms with Gasteiger partial charge in [-0.1, -0.05) is 0 Å². The number of carbonyl (C=O) groups excluding carboxylic acids is 2. The zero-order chi connectivity index (χ0) is 10.4. The summed E-state index contributed by atoms with van der Waals surface area (Å²) in [5.74, 6) is 0.145. The predicted octanol–water partition coefficient (Wildman–Crippen LogP) is -0.380. The first-order valence-electron chi connectivity index (χ1n) is 3.50. The molecule has 3 N–H and O–H groups in total. The molecule has 0 spiro atoms. The van der Waals surface area contributed by atoms with Gasteiger partial charge in [0.1, 0.15) is 6.04 Å². The van der Waals surface area contributed by atoms with Gasteiger partial charge in [0.05, 0.1) is 6.04 Å². The third-order valence-corrected chi connectivity index (χ3v) is 2.82. The minimum Gasteiger partial charge on any atom is -0.343 e. The Bertz CT molecular complexity index is 203. The normalized spacial score (nSPS) is 14.8. The fourth-order valence-electron chi connectivity index (χ4n) is 0.536. The average molecular weight is 334 g/mol. The largest absolute Gasteiger partial charge is 0.343 e. The third kappa shape index (κ3) is 5.08. The van der Waals surface area contributed by atoms with Crippen LogP contribution in [0.1, 0.15) is 0 Å². The van der Waals surface area contributed by atoms with Crippen molar-refractivity contribution >= 4 is 57.5 Å². The number of nitrogens with two attached hydrogens (primary N) is 1. The van der Waals surface area contributed by atoms with Crippen LogP contribution in [0.5, 0.6) is 0 Å². The number of hydrogen-bond donors (Lipinski definition) is 4. The summed E-state index contributed by atoms with van der Waals surface area (Å²) in [5.41, 5.74) is 5.39. The van der Waals surface area contributed by atoms with Crippen molar-refractivity contribution in [2.24, 2.45) is 5.73 Å². The summed E-state index contributed by atoms with van der Waals surface area (Å²) in [6.07, 6.45) is 0. The van der Waals surface area contributed by atoms with Gasteiger partial charge in [-0.3, -0.25) is 9.59 Å². The first-order valence-corrected chi connectivity index (χ1v) is 5.84. The van der Waals surface area contributed by atoms with Crippen molar-refractivity contribution in [1.29, 1.82) is 0 Å². The van der Waals surface area contributed by atoms with E-state index < -0.39 is 12.1 Å². The molecule has 0 bridgehead atoms. The highest BCUT2D eigenvalue weighted by Gasteiger charge is 2.19. The van der Waals surface area contributed by atoms with Gasteiger partial charge in [0, 0.05) is 34.1 Å². The monoisotopic (exact) mass is 334 g/mol. The van der Waals surface area contributed by atoms with Gasteiger partial charge >= 0.3 is 0 Å². The van der Waals surface area contributed by atoms with Crippen molar-refractivity contribution in [3.8, 4) is 0 Å². The summed E-state index contributed by atoms with van der Waals surface area (Å²) in [6, 6.07) is -1.25. The molecule has 0 rings (SSSR count). The molecule has 0 fully saturated rings. The Morgan fingerprint density at radius 3 is 2.23 bits per heavy atom. The fraction of sp³-hybridized carbons (Fsp3) is 0.667. The molecule has 0 radical (unpaired) electrons. The van der Waals surface area contributed by atoms with Gasteiger partial charge in [-0.2, -0.15) is 25.3 Å². The number of carbonyl (C=O) groups is 2. The molecule has 0 aliphatic carbocycles. The molecule has 0 unspecified atom stereocenters. The topological polar surface area (TPSA) is 72.2 Å². The second-order valence-corrected chi connectivity index (χ2v) is 4.13. The molecule has 4 nitrogen and oxygen atoms in total. The van der Waals surface area contributed by atoms with Gasteiger partial charge < -0.3 is 11.1 Å². The quantitative estimate of drug-likeness (QED) is 0.315. The zero-order valence-electron chi connectivity index (χ0n) is 6.74. The number of rotatable bonds is 5. The van der Waals surface area contributed by atoms with Crippen LogP contribution in [0.15, 0.2) is 0 Å². The molecule has 1 amide bonds. The van der Waals surface area contributed by atoms with Gasteiger partial charge in [-0.15, -0.1) is 0 Å². The Kier molecular flexibility index (Phi) is 7.19. The molecule has 2 atom stereocenters. The van der Waals surface area contributed by atoms with Crippen LogP contribution in [0.2, 0.25) is 0 Å². The number of halogens is 1. The van der Waals surface area contributed by atoms with Crippen LogP contribution in [-0.2, 0) is 9.59 Å². The lowest BCUT2D eigenvalue weighted by Crippen LogP contribution is -2.48. The lowest BCUT2D eigenvalue weighted by atomic mass is 10.3. The molecule has 0 saturated heterocycles. The van der Waals surface area contributed by atoms with Gasteiger partial charge in [0.25, 0.3) is 0 Å². The van der Waals surface area contributed by atoms with Crippen LogP contribution in [0.25, 0.3) is 0 Å². The summed E-state index contributed by atoms with van der Waals surface area (Å²) < 4.78 is -0.160. The third-order valence-electron chi connectivity index (χ3n) is 1.31. The molecule has 0 aromatic rings. The van der Waals surface area contributed by atoms with Gasteiger partial charge in [-0.05, 0) is 0 Å². The maximum atomic E-state index is 11.2. The molecular weight excluding hydrogens is 323 g/mol. The first-order chi connectivity index (χ1) is 6.02. The second kappa shape index (κ2) is 6.91. The van der Waals surface area contributed by atoms with E-state index in [2.05, 4.69) is 30.6 Å². The second-order valence-electron chi connectivity index (χ2n) is 2.34. The minimum absolute atomic E-state index is 0.160. The van der Waals surface area contributed by atoms with Crippen LogP contribution < -0.4 is 11.1 Å². The van der Waals surface area contributed by atoms with E-state index in [1.165, 1.54) is 0 Å². The zero-order valence-corrected chi connectivity index (χ0v) is 10.7. The molecule has 0 heterocycles. The fourth-order valence-corrected chi connectivity index (χ4v) is 1.68. The Labute approximate surface area is 101 Å². The Hall–Kier alpha value is 0.530. The average Bonchev–Trinajstić information content (AvgIpc) is 2.11. The molecule has 76 valence electrons. The van der Waals surface area contributed by atoms with Crippen molar-refractivity contribution in [3.05, 3.63) is 0 Å². The van der Waals surface area contributed by atoms with Crippen molar-refractivity contribution in [2.45, 2.75) is 12.1 Å². The molecule has 0 aliphatic rings. The molecule has 0 aliphatic heterocycles. The summed E-state index contributed by atoms with van der Waals surface area (Å²) >= 11 is 9.40. The Balaban J connectivity index is 4.09. The highest BCUT2D eigenvalue weighted by Crippen LogP contribution is 1.98.